The van der Waals surface area contributed by atoms with Gasteiger partial charge in [-0.25, -0.2) is 19.9 Å². The van der Waals surface area contributed by atoms with Crippen molar-refractivity contribution in [3.8, 4) is 45.1 Å². The average molecular weight is 586 g/mol. The second kappa shape index (κ2) is 9.53. The number of hydrogen-bond donors (Lipinski definition) is 1. The summed E-state index contributed by atoms with van der Waals surface area (Å²) in [5.74, 6) is -0.996. The van der Waals surface area contributed by atoms with Gasteiger partial charge in [0.2, 0.25) is 17.8 Å². The summed E-state index contributed by atoms with van der Waals surface area (Å²) in [7, 11) is 0. The maximum Gasteiger partial charge on any atom is 0.222 e. The molecule has 212 valence electrons. The monoisotopic (exact) mass is 585 g/mol. The van der Waals surface area contributed by atoms with E-state index >= 15 is 4.39 Å². The van der Waals surface area contributed by atoms with Gasteiger partial charge in [-0.05, 0) is 60.2 Å². The minimum absolute atomic E-state index is 0.111. The number of rotatable bonds is 3. The Morgan fingerprint density at radius 1 is 0.636 bits per heavy atom. The molecule has 0 unspecified atom stereocenters. The number of hydrogen-bond acceptors (Lipinski definition) is 8. The number of aliphatic imine (C=N–C) groups is 1. The number of nitrogens with zero attached hydrogens (tertiary/aromatic N) is 6. The quantitative estimate of drug-likeness (QED) is 0.246. The van der Waals surface area contributed by atoms with Gasteiger partial charge in [-0.15, -0.1) is 0 Å². The molecule has 0 aliphatic carbocycles. The molecule has 0 fully saturated rings. The number of nitrogens with two attached hydrogens (primary N) is 1. The summed E-state index contributed by atoms with van der Waals surface area (Å²) in [5.41, 5.74) is 9.55. The standard InChI is InChI=1S/C33H18F3N7O/c34-29-13-18(7-11-39-29)25-5-4-21(31(36)42-25)26-14-23-28(16-41-26)44-27-6-3-17(19-2-1-9-40-30(19)35)12-22(27)33(23)24-15-38-10-8-20(24)32(37)43-33/h1-16H,(H2,37,43)/t33-/m0/s1. The van der Waals surface area contributed by atoms with E-state index in [1.165, 1.54) is 30.7 Å². The van der Waals surface area contributed by atoms with Gasteiger partial charge in [-0.1, -0.05) is 6.07 Å². The number of benzene rings is 1. The minimum atomic E-state index is -1.26. The molecule has 0 bridgehead atoms. The summed E-state index contributed by atoms with van der Waals surface area (Å²) in [6.07, 6.45) is 7.47. The molecule has 6 aromatic rings. The first-order valence-corrected chi connectivity index (χ1v) is 13.5. The summed E-state index contributed by atoms with van der Waals surface area (Å²) >= 11 is 0. The molecule has 8 rings (SSSR count). The van der Waals surface area contributed by atoms with E-state index in [1.807, 2.05) is 0 Å². The fourth-order valence-corrected chi connectivity index (χ4v) is 5.85. The second-order valence-corrected chi connectivity index (χ2v) is 10.3. The highest BCUT2D eigenvalue weighted by molar-refractivity contribution is 6.03. The number of aromatic nitrogens is 5. The molecule has 7 heterocycles. The molecule has 1 atom stereocenters. The van der Waals surface area contributed by atoms with Crippen LogP contribution in [0.5, 0.6) is 11.5 Å². The molecule has 2 aliphatic rings. The van der Waals surface area contributed by atoms with Gasteiger partial charge in [0.25, 0.3) is 0 Å². The molecule has 5 aromatic heterocycles. The lowest BCUT2D eigenvalue weighted by Gasteiger charge is -2.36. The predicted molar refractivity (Wildman–Crippen MR) is 155 cm³/mol. The van der Waals surface area contributed by atoms with Crippen molar-refractivity contribution in [2.45, 2.75) is 5.54 Å². The third kappa shape index (κ3) is 3.79. The summed E-state index contributed by atoms with van der Waals surface area (Å²) in [6.45, 7) is 0. The Balaban J connectivity index is 1.33. The van der Waals surface area contributed by atoms with Gasteiger partial charge in [-0.2, -0.15) is 13.2 Å². The maximum atomic E-state index is 15.6. The Morgan fingerprint density at radius 3 is 2.36 bits per heavy atom. The van der Waals surface area contributed by atoms with Crippen molar-refractivity contribution >= 4 is 5.84 Å². The Labute approximate surface area is 247 Å². The largest absolute Gasteiger partial charge is 0.455 e. The van der Waals surface area contributed by atoms with Crippen LogP contribution in [0.2, 0.25) is 0 Å². The van der Waals surface area contributed by atoms with Crippen LogP contribution in [-0.2, 0) is 5.54 Å². The molecular weight excluding hydrogens is 567 g/mol. The van der Waals surface area contributed by atoms with E-state index in [2.05, 4.69) is 24.9 Å². The first-order chi connectivity index (χ1) is 21.4. The van der Waals surface area contributed by atoms with Crippen LogP contribution in [0.1, 0.15) is 22.3 Å². The second-order valence-electron chi connectivity index (χ2n) is 10.3. The predicted octanol–water partition coefficient (Wildman–Crippen LogP) is 6.20. The van der Waals surface area contributed by atoms with E-state index < -0.39 is 23.4 Å². The van der Waals surface area contributed by atoms with Crippen LogP contribution < -0.4 is 10.5 Å². The zero-order valence-corrected chi connectivity index (χ0v) is 22.5. The van der Waals surface area contributed by atoms with E-state index in [0.29, 0.717) is 50.4 Å². The number of halogens is 3. The van der Waals surface area contributed by atoms with Crippen molar-refractivity contribution in [1.29, 1.82) is 0 Å². The van der Waals surface area contributed by atoms with Crippen molar-refractivity contribution in [3.05, 3.63) is 138 Å². The third-order valence-corrected chi connectivity index (χ3v) is 7.84. The molecule has 2 aliphatic heterocycles. The minimum Gasteiger partial charge on any atom is -0.455 e. The molecule has 8 nitrogen and oxygen atoms in total. The third-order valence-electron chi connectivity index (χ3n) is 7.84. The Morgan fingerprint density at radius 2 is 1.52 bits per heavy atom. The number of fused-ring (bicyclic) bond motifs is 6. The lowest BCUT2D eigenvalue weighted by molar-refractivity contribution is 0.422. The van der Waals surface area contributed by atoms with Gasteiger partial charge in [0.15, 0.2) is 5.75 Å². The fraction of sp³-hybridized carbons (Fsp3) is 0.0303. The molecule has 44 heavy (non-hydrogen) atoms. The highest BCUT2D eigenvalue weighted by atomic mass is 19.1. The molecule has 1 spiro atoms. The SMILES string of the molecule is NC1=N[C@]2(c3cc(-c4cccnc4F)ccc3Oc3cnc(-c4ccc(-c5ccnc(F)c5)nc4F)cc32)c2cnccc21. The topological polar surface area (TPSA) is 112 Å². The first kappa shape index (κ1) is 25.7. The van der Waals surface area contributed by atoms with E-state index in [0.717, 1.165) is 0 Å². The van der Waals surface area contributed by atoms with Crippen molar-refractivity contribution in [2.24, 2.45) is 10.7 Å². The smallest absolute Gasteiger partial charge is 0.222 e. The van der Waals surface area contributed by atoms with Gasteiger partial charge in [-0.3, -0.25) is 9.97 Å². The van der Waals surface area contributed by atoms with Crippen LogP contribution in [0, 0.1) is 17.8 Å². The van der Waals surface area contributed by atoms with Gasteiger partial charge in [0.05, 0.1) is 23.1 Å². The van der Waals surface area contributed by atoms with Gasteiger partial charge >= 0.3 is 0 Å². The van der Waals surface area contributed by atoms with E-state index in [1.54, 1.807) is 67.0 Å². The lowest BCUT2D eigenvalue weighted by atomic mass is 9.75. The van der Waals surface area contributed by atoms with Crippen molar-refractivity contribution in [1.82, 2.24) is 24.9 Å². The highest BCUT2D eigenvalue weighted by Gasteiger charge is 2.49. The van der Waals surface area contributed by atoms with Crippen LogP contribution in [0.3, 0.4) is 0 Å². The van der Waals surface area contributed by atoms with E-state index in [-0.39, 0.29) is 22.8 Å². The van der Waals surface area contributed by atoms with Crippen LogP contribution in [-0.4, -0.2) is 30.8 Å². The van der Waals surface area contributed by atoms with Gasteiger partial charge in [0.1, 0.15) is 17.1 Å². The van der Waals surface area contributed by atoms with Crippen LogP contribution >= 0.6 is 0 Å². The summed E-state index contributed by atoms with van der Waals surface area (Å²) in [6, 6.07) is 17.8. The Bertz CT molecular complexity index is 2190. The van der Waals surface area contributed by atoms with Crippen LogP contribution in [0.15, 0.2) is 103 Å². The Kier molecular flexibility index (Phi) is 5.57. The molecule has 11 heteroatoms. The van der Waals surface area contributed by atoms with Crippen molar-refractivity contribution in [2.75, 3.05) is 0 Å². The summed E-state index contributed by atoms with van der Waals surface area (Å²) < 4.78 is 50.3. The number of ether oxygens (including phenoxy) is 1. The molecule has 0 saturated heterocycles. The van der Waals surface area contributed by atoms with E-state index in [9.17, 15) is 8.78 Å². The van der Waals surface area contributed by atoms with Gasteiger partial charge < -0.3 is 10.5 Å². The molecule has 1 aromatic carbocycles. The number of amidine groups is 1. The van der Waals surface area contributed by atoms with Crippen molar-refractivity contribution in [3.63, 3.8) is 0 Å². The molecule has 2 N–H and O–H groups in total. The highest BCUT2D eigenvalue weighted by Crippen LogP contribution is 2.56. The average Bonchev–Trinajstić information content (AvgIpc) is 3.34. The van der Waals surface area contributed by atoms with Crippen molar-refractivity contribution < 1.29 is 17.9 Å². The number of pyridine rings is 5. The Hall–Kier alpha value is -5.97. The zero-order valence-electron chi connectivity index (χ0n) is 22.5. The molecule has 0 saturated carbocycles. The van der Waals surface area contributed by atoms with Gasteiger partial charge in [0, 0.05) is 64.2 Å². The summed E-state index contributed by atoms with van der Waals surface area (Å²) in [4.78, 5) is 25.2. The molecule has 0 radical (unpaired) electrons. The normalized spacial score (nSPS) is 16.1. The first-order valence-electron chi connectivity index (χ1n) is 13.5. The van der Waals surface area contributed by atoms with E-state index in [4.69, 9.17) is 15.5 Å². The lowest BCUT2D eigenvalue weighted by Crippen LogP contribution is -2.30. The molecule has 0 amide bonds. The maximum absolute atomic E-state index is 15.6. The summed E-state index contributed by atoms with van der Waals surface area (Å²) in [5, 5.41) is 0. The van der Waals surface area contributed by atoms with Crippen LogP contribution in [0.25, 0.3) is 33.6 Å². The zero-order chi connectivity index (χ0) is 30.0. The van der Waals surface area contributed by atoms with Crippen LogP contribution in [0.4, 0.5) is 13.2 Å². The fourth-order valence-electron chi connectivity index (χ4n) is 5.85. The molecular formula is C33H18F3N7O.